The number of para-hydroxylation sites is 2. The van der Waals surface area contributed by atoms with Crippen molar-refractivity contribution in [2.75, 3.05) is 36.5 Å². The Morgan fingerprint density at radius 2 is 1.89 bits per heavy atom. The summed E-state index contributed by atoms with van der Waals surface area (Å²) < 4.78 is 5.38. The zero-order chi connectivity index (χ0) is 19.2. The standard InChI is InChI=1S/C18H18N4O4S/c23-17(13-4-3-5-14(12-13)22(24)25)20-18(27)19-15-6-1-2-7-16(15)21-8-10-26-11-9-21/h1-7,12H,8-11H2,(H2,19,20,23,27). The average Bonchev–Trinajstić information content (AvgIpc) is 2.69. The van der Waals surface area contributed by atoms with E-state index in [-0.39, 0.29) is 16.4 Å². The molecule has 0 unspecified atom stereocenters. The van der Waals surface area contributed by atoms with Gasteiger partial charge in [0.1, 0.15) is 0 Å². The van der Waals surface area contributed by atoms with Gasteiger partial charge in [-0.05, 0) is 30.4 Å². The van der Waals surface area contributed by atoms with Gasteiger partial charge in [0, 0.05) is 30.8 Å². The zero-order valence-electron chi connectivity index (χ0n) is 14.4. The molecule has 2 N–H and O–H groups in total. The Kier molecular flexibility index (Phi) is 5.94. The van der Waals surface area contributed by atoms with Crippen LogP contribution in [-0.4, -0.2) is 42.2 Å². The molecule has 140 valence electrons. The summed E-state index contributed by atoms with van der Waals surface area (Å²) in [4.78, 5) is 24.8. The fourth-order valence-electron chi connectivity index (χ4n) is 2.75. The number of morpholine rings is 1. The van der Waals surface area contributed by atoms with Crippen molar-refractivity contribution in [3.8, 4) is 0 Å². The summed E-state index contributed by atoms with van der Waals surface area (Å²) in [6, 6.07) is 13.1. The van der Waals surface area contributed by atoms with Gasteiger partial charge in [-0.2, -0.15) is 0 Å². The molecule has 0 bridgehead atoms. The molecule has 1 amide bonds. The van der Waals surface area contributed by atoms with Gasteiger partial charge >= 0.3 is 0 Å². The van der Waals surface area contributed by atoms with E-state index in [9.17, 15) is 14.9 Å². The van der Waals surface area contributed by atoms with Gasteiger partial charge in [-0.3, -0.25) is 20.2 Å². The lowest BCUT2D eigenvalue weighted by Crippen LogP contribution is -2.38. The van der Waals surface area contributed by atoms with E-state index in [1.165, 1.54) is 24.3 Å². The second-order valence-electron chi connectivity index (χ2n) is 5.83. The Morgan fingerprint density at radius 3 is 2.63 bits per heavy atom. The zero-order valence-corrected chi connectivity index (χ0v) is 15.2. The SMILES string of the molecule is O=C(NC(=S)Nc1ccccc1N1CCOCC1)c1cccc([N+](=O)[O-])c1. The minimum atomic E-state index is -0.550. The summed E-state index contributed by atoms with van der Waals surface area (Å²) >= 11 is 5.24. The fraction of sp³-hybridized carbons (Fsp3) is 0.222. The highest BCUT2D eigenvalue weighted by Gasteiger charge is 2.16. The first-order valence-electron chi connectivity index (χ1n) is 8.33. The summed E-state index contributed by atoms with van der Waals surface area (Å²) in [6.45, 7) is 2.85. The predicted molar refractivity (Wildman–Crippen MR) is 106 cm³/mol. The van der Waals surface area contributed by atoms with Crippen LogP contribution in [0, 0.1) is 10.1 Å². The monoisotopic (exact) mass is 386 g/mol. The maximum absolute atomic E-state index is 12.3. The summed E-state index contributed by atoms with van der Waals surface area (Å²) in [5, 5.41) is 16.6. The van der Waals surface area contributed by atoms with Gasteiger partial charge in [0.25, 0.3) is 11.6 Å². The second-order valence-corrected chi connectivity index (χ2v) is 6.24. The number of rotatable bonds is 4. The molecule has 1 aliphatic rings. The van der Waals surface area contributed by atoms with Crippen LogP contribution in [0.2, 0.25) is 0 Å². The number of carbonyl (C=O) groups excluding carboxylic acids is 1. The van der Waals surface area contributed by atoms with Crippen LogP contribution in [-0.2, 0) is 4.74 Å². The molecule has 0 radical (unpaired) electrons. The number of ether oxygens (including phenoxy) is 1. The first-order valence-corrected chi connectivity index (χ1v) is 8.74. The third kappa shape index (κ3) is 4.78. The first kappa shape index (κ1) is 18.7. The van der Waals surface area contributed by atoms with E-state index in [4.69, 9.17) is 17.0 Å². The molecule has 0 spiro atoms. The van der Waals surface area contributed by atoms with E-state index in [1.807, 2.05) is 24.3 Å². The molecule has 27 heavy (non-hydrogen) atoms. The van der Waals surface area contributed by atoms with Crippen molar-refractivity contribution in [3.05, 3.63) is 64.2 Å². The number of nitrogens with one attached hydrogen (secondary N) is 2. The molecule has 8 nitrogen and oxygen atoms in total. The number of hydrogen-bond donors (Lipinski definition) is 2. The number of hydrogen-bond acceptors (Lipinski definition) is 6. The fourth-order valence-corrected chi connectivity index (χ4v) is 2.95. The van der Waals surface area contributed by atoms with Crippen LogP contribution >= 0.6 is 12.2 Å². The Morgan fingerprint density at radius 1 is 1.15 bits per heavy atom. The average molecular weight is 386 g/mol. The van der Waals surface area contributed by atoms with Crippen molar-refractivity contribution in [2.24, 2.45) is 0 Å². The molecule has 3 rings (SSSR count). The van der Waals surface area contributed by atoms with Crippen LogP contribution in [0.15, 0.2) is 48.5 Å². The lowest BCUT2D eigenvalue weighted by atomic mass is 10.2. The second kappa shape index (κ2) is 8.56. The van der Waals surface area contributed by atoms with Gasteiger partial charge in [-0.25, -0.2) is 0 Å². The summed E-state index contributed by atoms with van der Waals surface area (Å²) in [6.07, 6.45) is 0. The number of benzene rings is 2. The minimum Gasteiger partial charge on any atom is -0.378 e. The summed E-state index contributed by atoms with van der Waals surface area (Å²) in [5.41, 5.74) is 1.74. The minimum absolute atomic E-state index is 0.118. The van der Waals surface area contributed by atoms with Crippen molar-refractivity contribution >= 4 is 40.3 Å². The van der Waals surface area contributed by atoms with Gasteiger partial charge in [-0.15, -0.1) is 0 Å². The maximum Gasteiger partial charge on any atom is 0.270 e. The molecule has 1 aliphatic heterocycles. The molecule has 9 heteroatoms. The smallest absolute Gasteiger partial charge is 0.270 e. The van der Waals surface area contributed by atoms with E-state index < -0.39 is 10.8 Å². The maximum atomic E-state index is 12.3. The van der Waals surface area contributed by atoms with E-state index in [2.05, 4.69) is 15.5 Å². The highest BCUT2D eigenvalue weighted by Crippen LogP contribution is 2.26. The number of nitrogens with zero attached hydrogens (tertiary/aromatic N) is 2. The van der Waals surface area contributed by atoms with Gasteiger partial charge in [0.15, 0.2) is 5.11 Å². The summed E-state index contributed by atoms with van der Waals surface area (Å²) in [5.74, 6) is -0.514. The molecule has 0 saturated carbocycles. The van der Waals surface area contributed by atoms with Gasteiger partial charge in [0.2, 0.25) is 0 Å². The summed E-state index contributed by atoms with van der Waals surface area (Å²) in [7, 11) is 0. The number of amides is 1. The number of carbonyl (C=O) groups is 1. The number of nitro groups is 1. The van der Waals surface area contributed by atoms with Crippen molar-refractivity contribution < 1.29 is 14.5 Å². The van der Waals surface area contributed by atoms with E-state index >= 15 is 0 Å². The Hall–Kier alpha value is -3.04. The van der Waals surface area contributed by atoms with E-state index in [0.717, 1.165) is 24.5 Å². The third-order valence-corrected chi connectivity index (χ3v) is 4.25. The highest BCUT2D eigenvalue weighted by atomic mass is 32.1. The molecule has 0 atom stereocenters. The van der Waals surface area contributed by atoms with Crippen molar-refractivity contribution in [1.29, 1.82) is 0 Å². The largest absolute Gasteiger partial charge is 0.378 e. The number of thiocarbonyl (C=S) groups is 1. The van der Waals surface area contributed by atoms with E-state index in [1.54, 1.807) is 0 Å². The first-order chi connectivity index (χ1) is 13.0. The normalized spacial score (nSPS) is 13.7. The highest BCUT2D eigenvalue weighted by molar-refractivity contribution is 7.80. The number of anilines is 2. The number of non-ortho nitro benzene ring substituents is 1. The van der Waals surface area contributed by atoms with Gasteiger partial charge < -0.3 is 15.0 Å². The van der Waals surface area contributed by atoms with Crippen LogP contribution < -0.4 is 15.5 Å². The topological polar surface area (TPSA) is 96.7 Å². The molecule has 0 aliphatic carbocycles. The molecule has 1 saturated heterocycles. The van der Waals surface area contributed by atoms with Crippen LogP contribution in [0.3, 0.4) is 0 Å². The Bertz CT molecular complexity index is 868. The third-order valence-electron chi connectivity index (χ3n) is 4.05. The molecule has 2 aromatic rings. The van der Waals surface area contributed by atoms with Crippen molar-refractivity contribution in [1.82, 2.24) is 5.32 Å². The van der Waals surface area contributed by atoms with Crippen molar-refractivity contribution in [2.45, 2.75) is 0 Å². The Labute approximate surface area is 161 Å². The van der Waals surface area contributed by atoms with Crippen molar-refractivity contribution in [3.63, 3.8) is 0 Å². The lowest BCUT2D eigenvalue weighted by molar-refractivity contribution is -0.384. The molecule has 1 heterocycles. The van der Waals surface area contributed by atoms with Gasteiger partial charge in [-0.1, -0.05) is 18.2 Å². The Balaban J connectivity index is 1.68. The number of nitro benzene ring substituents is 1. The van der Waals surface area contributed by atoms with Crippen LogP contribution in [0.25, 0.3) is 0 Å². The molecule has 0 aromatic heterocycles. The molecular formula is C18H18N4O4S. The van der Waals surface area contributed by atoms with E-state index in [0.29, 0.717) is 13.2 Å². The van der Waals surface area contributed by atoms with Crippen LogP contribution in [0.4, 0.5) is 17.1 Å². The molecule has 1 fully saturated rings. The lowest BCUT2D eigenvalue weighted by Gasteiger charge is -2.30. The quantitative estimate of drug-likeness (QED) is 0.473. The molecule has 2 aromatic carbocycles. The van der Waals surface area contributed by atoms with Gasteiger partial charge in [0.05, 0.1) is 29.5 Å². The predicted octanol–water partition coefficient (Wildman–Crippen LogP) is 2.56. The molecular weight excluding hydrogens is 368 g/mol. The van der Waals surface area contributed by atoms with Crippen LogP contribution in [0.1, 0.15) is 10.4 Å². The van der Waals surface area contributed by atoms with Crippen LogP contribution in [0.5, 0.6) is 0 Å².